The lowest BCUT2D eigenvalue weighted by Crippen LogP contribution is -2.58. The number of thiazole rings is 1. The van der Waals surface area contributed by atoms with E-state index in [9.17, 15) is 29.7 Å². The van der Waals surface area contributed by atoms with Crippen molar-refractivity contribution in [2.45, 2.75) is 129 Å². The van der Waals surface area contributed by atoms with Crippen molar-refractivity contribution >= 4 is 29.1 Å². The van der Waals surface area contributed by atoms with E-state index in [-0.39, 0.29) is 56.8 Å². The molecular formula is C52H74N4O10S. The van der Waals surface area contributed by atoms with Crippen molar-refractivity contribution < 1.29 is 48.7 Å². The molecule has 2 heterocycles. The lowest BCUT2D eigenvalue weighted by Gasteiger charge is -2.53. The standard InChI is InChI=1S/C52H74N4O10S/c1-33-47(67-32-54-33)35-11-9-34(10-12-35)29-53-49(61)43-28-39(58)30-56(43)50(62)48(51(2,3)4)55-45(60)31-66-25-24-65-23-22-64-21-20-63-19-7-6-8-36-26-37-27-38(57)13-14-40(37)41-17-18-52(5)42(46(36)41)15-16-44(52)59/h9-14,27,32,36,39,41-44,46,48,57-59H,6-8,15-26,28-31H2,1-5H3,(H,53,61)(H,55,60)/t36-,39-,41-,42+,43+,44+,46-,48-,52+/m1/s1. The van der Waals surface area contributed by atoms with E-state index in [0.29, 0.717) is 62.5 Å². The third-order valence-corrected chi connectivity index (χ3v) is 16.0. The fraction of sp³-hybridized carbons (Fsp3) is 0.654. The molecule has 0 radical (unpaired) electrons. The lowest BCUT2D eigenvalue weighted by atomic mass is 9.52. The highest BCUT2D eigenvalue weighted by molar-refractivity contribution is 7.13. The number of carbonyl (C=O) groups excluding carboxylic acids is 3. The maximum absolute atomic E-state index is 13.9. The maximum atomic E-state index is 13.9. The summed E-state index contributed by atoms with van der Waals surface area (Å²) >= 11 is 1.58. The van der Waals surface area contributed by atoms with Crippen LogP contribution in [-0.4, -0.2) is 127 Å². The van der Waals surface area contributed by atoms with Gasteiger partial charge in [-0.25, -0.2) is 4.98 Å². The highest BCUT2D eigenvalue weighted by Gasteiger charge is 2.56. The van der Waals surface area contributed by atoms with Crippen LogP contribution in [0.5, 0.6) is 5.75 Å². The summed E-state index contributed by atoms with van der Waals surface area (Å²) in [5.41, 5.74) is 6.79. The molecule has 0 unspecified atom stereocenters. The number of aryl methyl sites for hydroxylation is 1. The summed E-state index contributed by atoms with van der Waals surface area (Å²) < 4.78 is 22.8. The van der Waals surface area contributed by atoms with Crippen LogP contribution < -0.4 is 10.6 Å². The van der Waals surface area contributed by atoms with Crippen LogP contribution in [0.1, 0.15) is 107 Å². The van der Waals surface area contributed by atoms with Crippen LogP contribution in [0.25, 0.3) is 10.4 Å². The van der Waals surface area contributed by atoms with Crippen LogP contribution in [0.3, 0.4) is 0 Å². The van der Waals surface area contributed by atoms with Gasteiger partial charge in [-0.3, -0.25) is 14.4 Å². The van der Waals surface area contributed by atoms with Crippen molar-refractivity contribution in [2.24, 2.45) is 28.6 Å². The van der Waals surface area contributed by atoms with Gasteiger partial charge in [-0.05, 0) is 121 Å². The van der Waals surface area contributed by atoms with Crippen LogP contribution in [0.4, 0.5) is 0 Å². The van der Waals surface area contributed by atoms with Crippen LogP contribution in [0, 0.1) is 35.5 Å². The fourth-order valence-corrected chi connectivity index (χ4v) is 12.3. The van der Waals surface area contributed by atoms with Gasteiger partial charge in [0.05, 0.1) is 67.9 Å². The van der Waals surface area contributed by atoms with Gasteiger partial charge in [0.15, 0.2) is 0 Å². The van der Waals surface area contributed by atoms with Crippen molar-refractivity contribution in [1.29, 1.82) is 0 Å². The van der Waals surface area contributed by atoms with Crippen LogP contribution in [-0.2, 0) is 46.3 Å². The number of aromatic hydroxyl groups is 1. The van der Waals surface area contributed by atoms with Crippen LogP contribution in [0.2, 0.25) is 0 Å². The Bertz CT molecular complexity index is 2110. The number of unbranched alkanes of at least 4 members (excludes halogenated alkanes) is 1. The highest BCUT2D eigenvalue weighted by atomic mass is 32.1. The number of aliphatic hydroxyl groups excluding tert-OH is 2. The monoisotopic (exact) mass is 947 g/mol. The number of aliphatic hydroxyl groups is 2. The first kappa shape index (κ1) is 50.9. The topological polar surface area (TPSA) is 189 Å². The summed E-state index contributed by atoms with van der Waals surface area (Å²) in [5, 5.41) is 37.5. The second-order valence-corrected chi connectivity index (χ2v) is 21.5. The normalized spacial score (nSPS) is 26.1. The van der Waals surface area contributed by atoms with Crippen LogP contribution >= 0.6 is 11.3 Å². The first-order valence-corrected chi connectivity index (χ1v) is 25.4. The maximum Gasteiger partial charge on any atom is 0.246 e. The van der Waals surface area contributed by atoms with Gasteiger partial charge in [-0.15, -0.1) is 11.3 Å². The molecule has 1 saturated heterocycles. The summed E-state index contributed by atoms with van der Waals surface area (Å²) in [4.78, 5) is 47.1. The Morgan fingerprint density at radius 2 is 1.63 bits per heavy atom. The number of amides is 3. The minimum Gasteiger partial charge on any atom is -0.508 e. The number of β-amino-alcohol motifs (C(OH)–C–C–N with tert-alkyl or cyclic N) is 1. The average Bonchev–Trinajstić information content (AvgIpc) is 4.00. The van der Waals surface area contributed by atoms with Gasteiger partial charge in [0.2, 0.25) is 17.7 Å². The number of phenols is 1. The average molecular weight is 947 g/mol. The number of ether oxygens (including phenoxy) is 4. The number of hydrogen-bond acceptors (Lipinski definition) is 12. The molecule has 4 aliphatic rings. The molecule has 9 atom stereocenters. The van der Waals surface area contributed by atoms with Crippen LogP contribution in [0.15, 0.2) is 48.0 Å². The molecule has 368 valence electrons. The number of hydrogen-bond donors (Lipinski definition) is 5. The molecule has 3 aliphatic carbocycles. The Kier molecular flexibility index (Phi) is 17.5. The van der Waals surface area contributed by atoms with E-state index in [4.69, 9.17) is 18.9 Å². The van der Waals surface area contributed by atoms with Crippen molar-refractivity contribution in [3.63, 3.8) is 0 Å². The number of fused-ring (bicyclic) bond motifs is 5. The van der Waals surface area contributed by atoms with E-state index in [1.54, 1.807) is 11.3 Å². The van der Waals surface area contributed by atoms with E-state index in [1.807, 2.05) is 69.6 Å². The first-order chi connectivity index (χ1) is 32.1. The minimum atomic E-state index is -0.953. The van der Waals surface area contributed by atoms with E-state index in [0.717, 1.165) is 73.1 Å². The second-order valence-electron chi connectivity index (χ2n) is 20.6. The van der Waals surface area contributed by atoms with Gasteiger partial charge in [-0.2, -0.15) is 0 Å². The Hall–Kier alpha value is -3.96. The molecule has 7 rings (SSSR count). The van der Waals surface area contributed by atoms with Gasteiger partial charge in [0.25, 0.3) is 0 Å². The van der Waals surface area contributed by atoms with E-state index >= 15 is 0 Å². The van der Waals surface area contributed by atoms with Crippen molar-refractivity contribution in [3.8, 4) is 16.2 Å². The molecule has 5 N–H and O–H groups in total. The predicted molar refractivity (Wildman–Crippen MR) is 256 cm³/mol. The quantitative estimate of drug-likeness (QED) is 0.0710. The van der Waals surface area contributed by atoms with Crippen molar-refractivity contribution in [3.05, 3.63) is 70.4 Å². The zero-order valence-electron chi connectivity index (χ0n) is 40.2. The molecule has 1 aliphatic heterocycles. The zero-order chi connectivity index (χ0) is 47.7. The number of phenolic OH excluding ortho intramolecular Hbond substituents is 1. The van der Waals surface area contributed by atoms with Gasteiger partial charge in [0.1, 0.15) is 24.4 Å². The smallest absolute Gasteiger partial charge is 0.246 e. The number of aromatic nitrogens is 1. The zero-order valence-corrected chi connectivity index (χ0v) is 41.0. The molecular weight excluding hydrogens is 873 g/mol. The number of nitrogens with zero attached hydrogens (tertiary/aromatic N) is 2. The Morgan fingerprint density at radius 1 is 0.925 bits per heavy atom. The largest absolute Gasteiger partial charge is 0.508 e. The van der Waals surface area contributed by atoms with E-state index in [1.165, 1.54) is 16.0 Å². The molecule has 14 nitrogen and oxygen atoms in total. The Balaban J connectivity index is 0.734. The molecule has 1 aromatic heterocycles. The van der Waals surface area contributed by atoms with Gasteiger partial charge in [0, 0.05) is 26.1 Å². The molecule has 3 fully saturated rings. The number of benzene rings is 2. The third-order valence-electron chi connectivity index (χ3n) is 15.0. The summed E-state index contributed by atoms with van der Waals surface area (Å²) in [7, 11) is 0. The Labute approximate surface area is 400 Å². The number of rotatable bonds is 22. The summed E-state index contributed by atoms with van der Waals surface area (Å²) in [6.45, 7) is 12.7. The van der Waals surface area contributed by atoms with Gasteiger partial charge in [-0.1, -0.05) is 64.4 Å². The lowest BCUT2D eigenvalue weighted by molar-refractivity contribution is -0.144. The molecule has 0 spiro atoms. The number of likely N-dealkylation sites (tertiary alicyclic amines) is 1. The third kappa shape index (κ3) is 12.6. The molecule has 15 heteroatoms. The highest BCUT2D eigenvalue weighted by Crippen LogP contribution is 2.62. The number of nitrogens with one attached hydrogen (secondary N) is 2. The molecule has 67 heavy (non-hydrogen) atoms. The minimum absolute atomic E-state index is 0.00744. The SMILES string of the molecule is Cc1ncsc1-c1ccc(CNC(=O)[C@@H]2C[C@@H](O)CN2C(=O)[C@@H](NC(=O)COCCOCCOCCOCCCC[C@@H]2Cc3cc(O)ccc3[C@H]3CC[C@]4(C)[C@@H](O)CC[C@H]4[C@H]23)C(C)(C)C)cc1. The molecule has 0 bridgehead atoms. The Morgan fingerprint density at radius 3 is 2.31 bits per heavy atom. The molecule has 2 aromatic carbocycles. The second kappa shape index (κ2) is 23.1. The molecule has 3 amide bonds. The van der Waals surface area contributed by atoms with Crippen molar-refractivity contribution in [1.82, 2.24) is 20.5 Å². The molecule has 2 saturated carbocycles. The summed E-state index contributed by atoms with van der Waals surface area (Å²) in [5.74, 6) is 1.27. The predicted octanol–water partition coefficient (Wildman–Crippen LogP) is 6.31. The summed E-state index contributed by atoms with van der Waals surface area (Å²) in [6, 6.07) is 12.0. The van der Waals surface area contributed by atoms with Gasteiger partial charge < -0.3 is 49.8 Å². The fourth-order valence-electron chi connectivity index (χ4n) is 11.4. The molecule has 3 aromatic rings. The summed E-state index contributed by atoms with van der Waals surface area (Å²) in [6.07, 6.45) is 7.43. The van der Waals surface area contributed by atoms with Crippen molar-refractivity contribution in [2.75, 3.05) is 59.4 Å². The first-order valence-electron chi connectivity index (χ1n) is 24.5. The number of carbonyl (C=O) groups is 3. The van der Waals surface area contributed by atoms with E-state index < -0.39 is 35.4 Å². The van der Waals surface area contributed by atoms with Gasteiger partial charge >= 0.3 is 0 Å². The van der Waals surface area contributed by atoms with E-state index in [2.05, 4.69) is 28.6 Å².